The number of nitrogens with zero attached hydrogens (tertiary/aromatic N) is 1. The second-order valence-electron chi connectivity index (χ2n) is 5.17. The van der Waals surface area contributed by atoms with Crippen LogP contribution < -0.4 is 15.4 Å². The molecule has 0 aromatic heterocycles. The number of para-hydroxylation sites is 1. The highest BCUT2D eigenvalue weighted by atomic mass is 16.5. The number of anilines is 1. The number of hydrogen-bond donors (Lipinski definition) is 2. The normalized spacial score (nSPS) is 9.92. The molecule has 0 saturated heterocycles. The van der Waals surface area contributed by atoms with Crippen molar-refractivity contribution >= 4 is 17.6 Å². The third kappa shape index (κ3) is 5.01. The fourth-order valence-electron chi connectivity index (χ4n) is 1.99. The predicted octanol–water partition coefficient (Wildman–Crippen LogP) is 2.59. The van der Waals surface area contributed by atoms with Crippen molar-refractivity contribution in [3.63, 3.8) is 0 Å². The minimum Gasteiger partial charge on any atom is -0.492 e. The number of carbonyl (C=O) groups excluding carboxylic acids is 2. The van der Waals surface area contributed by atoms with Crippen molar-refractivity contribution in [2.75, 3.05) is 32.6 Å². The molecule has 126 valence electrons. The molecule has 2 aromatic carbocycles. The van der Waals surface area contributed by atoms with Crippen LogP contribution in [-0.2, 0) is 0 Å². The first kappa shape index (κ1) is 17.3. The van der Waals surface area contributed by atoms with Crippen molar-refractivity contribution in [1.82, 2.24) is 10.2 Å². The van der Waals surface area contributed by atoms with Crippen molar-refractivity contribution in [2.24, 2.45) is 0 Å². The summed E-state index contributed by atoms with van der Waals surface area (Å²) in [5, 5.41) is 5.32. The van der Waals surface area contributed by atoms with Crippen molar-refractivity contribution in [3.8, 4) is 5.75 Å². The number of benzene rings is 2. The Kier molecular flexibility index (Phi) is 6.19. The maximum absolute atomic E-state index is 12.1. The van der Waals surface area contributed by atoms with Crippen LogP contribution in [0.5, 0.6) is 5.75 Å². The SMILES string of the molecule is CNC(=O)c1ccc(NC(=O)N(C)CCOc2ccccc2)cc1. The van der Waals surface area contributed by atoms with Gasteiger partial charge in [-0.15, -0.1) is 0 Å². The van der Waals surface area contributed by atoms with Crippen LogP contribution in [0.1, 0.15) is 10.4 Å². The molecule has 0 aliphatic carbocycles. The Bertz CT molecular complexity index is 672. The monoisotopic (exact) mass is 327 g/mol. The summed E-state index contributed by atoms with van der Waals surface area (Å²) in [6.07, 6.45) is 0. The van der Waals surface area contributed by atoms with E-state index in [2.05, 4.69) is 10.6 Å². The van der Waals surface area contributed by atoms with E-state index in [9.17, 15) is 9.59 Å². The third-order valence-corrected chi connectivity index (χ3v) is 3.41. The van der Waals surface area contributed by atoms with Crippen LogP contribution >= 0.6 is 0 Å². The first-order valence-corrected chi connectivity index (χ1v) is 7.62. The zero-order valence-electron chi connectivity index (χ0n) is 13.8. The molecule has 0 saturated carbocycles. The molecule has 6 nitrogen and oxygen atoms in total. The second-order valence-corrected chi connectivity index (χ2v) is 5.17. The largest absolute Gasteiger partial charge is 0.492 e. The minimum atomic E-state index is -0.237. The molecule has 0 radical (unpaired) electrons. The van der Waals surface area contributed by atoms with Gasteiger partial charge in [-0.3, -0.25) is 4.79 Å². The fraction of sp³-hybridized carbons (Fsp3) is 0.222. The van der Waals surface area contributed by atoms with E-state index in [0.717, 1.165) is 5.75 Å². The van der Waals surface area contributed by atoms with E-state index in [1.807, 2.05) is 30.3 Å². The topological polar surface area (TPSA) is 70.7 Å². The lowest BCUT2D eigenvalue weighted by atomic mass is 10.2. The number of hydrogen-bond acceptors (Lipinski definition) is 3. The molecule has 0 heterocycles. The summed E-state index contributed by atoms with van der Waals surface area (Å²) < 4.78 is 5.57. The summed E-state index contributed by atoms with van der Waals surface area (Å²) in [5.74, 6) is 0.610. The molecule has 6 heteroatoms. The lowest BCUT2D eigenvalue weighted by Crippen LogP contribution is -2.34. The standard InChI is InChI=1S/C18H21N3O3/c1-19-17(22)14-8-10-15(11-9-14)20-18(23)21(2)12-13-24-16-6-4-3-5-7-16/h3-11H,12-13H2,1-2H3,(H,19,22)(H,20,23). The number of nitrogens with one attached hydrogen (secondary N) is 2. The van der Waals surface area contributed by atoms with Crippen molar-refractivity contribution in [3.05, 3.63) is 60.2 Å². The van der Waals surface area contributed by atoms with Crippen LogP contribution in [-0.4, -0.2) is 44.1 Å². The number of likely N-dealkylation sites (N-methyl/N-ethyl adjacent to an activating group) is 1. The van der Waals surface area contributed by atoms with Gasteiger partial charge in [0.05, 0.1) is 6.54 Å². The molecule has 0 fully saturated rings. The molecule has 2 N–H and O–H groups in total. The van der Waals surface area contributed by atoms with Crippen LogP contribution in [0.2, 0.25) is 0 Å². The molecule has 0 unspecified atom stereocenters. The molecule has 2 rings (SSSR count). The number of rotatable bonds is 6. The Hall–Kier alpha value is -3.02. The van der Waals surface area contributed by atoms with Crippen LogP contribution in [0, 0.1) is 0 Å². The molecular formula is C18H21N3O3. The summed E-state index contributed by atoms with van der Waals surface area (Å²) >= 11 is 0. The molecule has 0 atom stereocenters. The lowest BCUT2D eigenvalue weighted by molar-refractivity contribution is 0.0963. The third-order valence-electron chi connectivity index (χ3n) is 3.41. The van der Waals surface area contributed by atoms with Crippen LogP contribution in [0.3, 0.4) is 0 Å². The van der Waals surface area contributed by atoms with Crippen LogP contribution in [0.4, 0.5) is 10.5 Å². The first-order chi connectivity index (χ1) is 11.6. The van der Waals surface area contributed by atoms with Gasteiger partial charge in [-0.25, -0.2) is 4.79 Å². The van der Waals surface area contributed by atoms with Gasteiger partial charge in [0.15, 0.2) is 0 Å². The molecule has 0 bridgehead atoms. The highest BCUT2D eigenvalue weighted by molar-refractivity contribution is 5.95. The molecule has 0 aliphatic heterocycles. The summed E-state index contributed by atoms with van der Waals surface area (Å²) in [7, 11) is 3.27. The van der Waals surface area contributed by atoms with Crippen LogP contribution in [0.25, 0.3) is 0 Å². The van der Waals surface area contributed by atoms with Gasteiger partial charge in [0.25, 0.3) is 5.91 Å². The van der Waals surface area contributed by atoms with Gasteiger partial charge in [-0.2, -0.15) is 0 Å². The van der Waals surface area contributed by atoms with E-state index in [-0.39, 0.29) is 11.9 Å². The van der Waals surface area contributed by atoms with E-state index in [1.165, 1.54) is 4.90 Å². The van der Waals surface area contributed by atoms with Gasteiger partial charge >= 0.3 is 6.03 Å². The van der Waals surface area contributed by atoms with Gasteiger partial charge in [0, 0.05) is 25.3 Å². The second kappa shape index (κ2) is 8.57. The molecule has 2 aromatic rings. The molecular weight excluding hydrogens is 306 g/mol. The molecule has 3 amide bonds. The highest BCUT2D eigenvalue weighted by Crippen LogP contribution is 2.11. The minimum absolute atomic E-state index is 0.164. The molecule has 24 heavy (non-hydrogen) atoms. The number of carbonyl (C=O) groups is 2. The van der Waals surface area contributed by atoms with Crippen molar-refractivity contribution < 1.29 is 14.3 Å². The van der Waals surface area contributed by atoms with Gasteiger partial charge in [0.1, 0.15) is 12.4 Å². The Morgan fingerprint density at radius 2 is 1.71 bits per heavy atom. The van der Waals surface area contributed by atoms with Gasteiger partial charge < -0.3 is 20.3 Å². The van der Waals surface area contributed by atoms with Crippen LogP contribution in [0.15, 0.2) is 54.6 Å². The van der Waals surface area contributed by atoms with Gasteiger partial charge in [-0.1, -0.05) is 18.2 Å². The lowest BCUT2D eigenvalue weighted by Gasteiger charge is -2.18. The zero-order valence-corrected chi connectivity index (χ0v) is 13.8. The molecule has 0 aliphatic rings. The van der Waals surface area contributed by atoms with E-state index in [0.29, 0.717) is 24.4 Å². The summed E-state index contributed by atoms with van der Waals surface area (Å²) in [6.45, 7) is 0.862. The Labute approximate surface area is 141 Å². The molecule has 0 spiro atoms. The van der Waals surface area contributed by atoms with E-state index in [4.69, 9.17) is 4.74 Å². The summed E-state index contributed by atoms with van der Waals surface area (Å²) in [5.41, 5.74) is 1.17. The first-order valence-electron chi connectivity index (χ1n) is 7.62. The summed E-state index contributed by atoms with van der Waals surface area (Å²) in [4.78, 5) is 25.1. The predicted molar refractivity (Wildman–Crippen MR) is 93.4 cm³/mol. The maximum atomic E-state index is 12.1. The number of amides is 3. The average Bonchev–Trinajstić information content (AvgIpc) is 2.62. The Balaban J connectivity index is 1.79. The quantitative estimate of drug-likeness (QED) is 0.857. The van der Waals surface area contributed by atoms with Crippen molar-refractivity contribution in [2.45, 2.75) is 0 Å². The average molecular weight is 327 g/mol. The van der Waals surface area contributed by atoms with Gasteiger partial charge in [0.2, 0.25) is 0 Å². The maximum Gasteiger partial charge on any atom is 0.321 e. The van der Waals surface area contributed by atoms with Gasteiger partial charge in [-0.05, 0) is 36.4 Å². The van der Waals surface area contributed by atoms with Crippen molar-refractivity contribution in [1.29, 1.82) is 0 Å². The highest BCUT2D eigenvalue weighted by Gasteiger charge is 2.09. The summed E-state index contributed by atoms with van der Waals surface area (Å²) in [6, 6.07) is 15.9. The smallest absolute Gasteiger partial charge is 0.321 e. The van der Waals surface area contributed by atoms with E-state index >= 15 is 0 Å². The Morgan fingerprint density at radius 1 is 1.04 bits per heavy atom. The number of urea groups is 1. The zero-order chi connectivity index (χ0) is 17.4. The van der Waals surface area contributed by atoms with E-state index < -0.39 is 0 Å². The Morgan fingerprint density at radius 3 is 2.33 bits per heavy atom. The fourth-order valence-corrected chi connectivity index (χ4v) is 1.99. The van der Waals surface area contributed by atoms with E-state index in [1.54, 1.807) is 38.4 Å². The number of ether oxygens (including phenoxy) is 1.